The number of amides is 1. The van der Waals surface area contributed by atoms with Crippen molar-refractivity contribution in [2.75, 3.05) is 0 Å². The second-order valence-electron chi connectivity index (χ2n) is 4.48. The van der Waals surface area contributed by atoms with Gasteiger partial charge in [0.15, 0.2) is 0 Å². The lowest BCUT2D eigenvalue weighted by Gasteiger charge is -2.34. The molecule has 1 saturated carbocycles. The maximum atomic E-state index is 11.3. The first kappa shape index (κ1) is 11.1. The second kappa shape index (κ2) is 4.22. The van der Waals surface area contributed by atoms with Crippen LogP contribution in [0.25, 0.3) is 0 Å². The molecule has 4 nitrogen and oxygen atoms in total. The molecule has 0 atom stereocenters. The monoisotopic (exact) mass is 219 g/mol. The number of hydrogen-bond acceptors (Lipinski definition) is 3. The molecule has 0 aromatic carbocycles. The largest absolute Gasteiger partial charge is 0.364 e. The van der Waals surface area contributed by atoms with E-state index >= 15 is 0 Å². The van der Waals surface area contributed by atoms with E-state index in [4.69, 9.17) is 11.5 Å². The molecule has 0 radical (unpaired) electrons. The van der Waals surface area contributed by atoms with Crippen LogP contribution in [-0.4, -0.2) is 10.9 Å². The first-order chi connectivity index (χ1) is 7.63. The van der Waals surface area contributed by atoms with Crippen LogP contribution in [0.1, 0.15) is 48.2 Å². The Hall–Kier alpha value is -1.42. The van der Waals surface area contributed by atoms with Gasteiger partial charge in [0, 0.05) is 17.3 Å². The summed E-state index contributed by atoms with van der Waals surface area (Å²) in [5.74, 6) is -0.494. The normalized spacial score (nSPS) is 19.3. The average Bonchev–Trinajstić information content (AvgIpc) is 2.30. The van der Waals surface area contributed by atoms with Gasteiger partial charge in [0.25, 0.3) is 5.91 Å². The predicted molar refractivity (Wildman–Crippen MR) is 61.7 cm³/mol. The van der Waals surface area contributed by atoms with Crippen molar-refractivity contribution < 1.29 is 4.79 Å². The Bertz CT molecular complexity index is 397. The number of nitrogens with zero attached hydrogens (tertiary/aromatic N) is 1. The Morgan fingerprint density at radius 2 is 2.00 bits per heavy atom. The standard InChI is InChI=1S/C12H17N3O/c13-11(16)10-9(5-4-8-15-10)12(14)6-2-1-3-7-12/h4-5,8H,1-3,6-7,14H2,(H2,13,16). The average molecular weight is 219 g/mol. The Morgan fingerprint density at radius 1 is 1.31 bits per heavy atom. The summed E-state index contributed by atoms with van der Waals surface area (Å²) in [5.41, 5.74) is 12.4. The molecule has 1 aromatic rings. The lowest BCUT2D eigenvalue weighted by atomic mass is 9.77. The molecule has 2 rings (SSSR count). The van der Waals surface area contributed by atoms with Crippen LogP contribution >= 0.6 is 0 Å². The summed E-state index contributed by atoms with van der Waals surface area (Å²) in [7, 11) is 0. The van der Waals surface area contributed by atoms with Gasteiger partial charge in [-0.15, -0.1) is 0 Å². The molecule has 1 amide bonds. The number of carbonyl (C=O) groups is 1. The molecule has 1 aliphatic rings. The Kier molecular flexibility index (Phi) is 2.92. The van der Waals surface area contributed by atoms with Gasteiger partial charge >= 0.3 is 0 Å². The van der Waals surface area contributed by atoms with Gasteiger partial charge < -0.3 is 11.5 Å². The lowest BCUT2D eigenvalue weighted by molar-refractivity contribution is 0.0991. The van der Waals surface area contributed by atoms with Crippen LogP contribution in [0.2, 0.25) is 0 Å². The maximum Gasteiger partial charge on any atom is 0.267 e. The van der Waals surface area contributed by atoms with Crippen molar-refractivity contribution in [1.82, 2.24) is 4.98 Å². The van der Waals surface area contributed by atoms with Crippen LogP contribution in [0, 0.1) is 0 Å². The van der Waals surface area contributed by atoms with Crippen LogP contribution in [-0.2, 0) is 5.54 Å². The van der Waals surface area contributed by atoms with Crippen molar-refractivity contribution in [3.63, 3.8) is 0 Å². The van der Waals surface area contributed by atoms with Gasteiger partial charge in [-0.2, -0.15) is 0 Å². The first-order valence-electron chi connectivity index (χ1n) is 5.68. The zero-order chi connectivity index (χ0) is 11.6. The highest BCUT2D eigenvalue weighted by Crippen LogP contribution is 2.35. The van der Waals surface area contributed by atoms with Crippen LogP contribution in [0.3, 0.4) is 0 Å². The van der Waals surface area contributed by atoms with E-state index < -0.39 is 11.4 Å². The second-order valence-corrected chi connectivity index (χ2v) is 4.48. The van der Waals surface area contributed by atoms with Crippen LogP contribution < -0.4 is 11.5 Å². The molecule has 1 aromatic heterocycles. The number of nitrogens with two attached hydrogens (primary N) is 2. The van der Waals surface area contributed by atoms with E-state index in [1.54, 1.807) is 6.20 Å². The molecule has 4 heteroatoms. The van der Waals surface area contributed by atoms with E-state index in [0.29, 0.717) is 5.69 Å². The van der Waals surface area contributed by atoms with E-state index in [0.717, 1.165) is 31.2 Å². The van der Waals surface area contributed by atoms with Crippen LogP contribution in [0.5, 0.6) is 0 Å². The Balaban J connectivity index is 2.42. The van der Waals surface area contributed by atoms with Crippen LogP contribution in [0.4, 0.5) is 0 Å². The molecule has 1 fully saturated rings. The van der Waals surface area contributed by atoms with Gasteiger partial charge in [0.1, 0.15) is 5.69 Å². The Labute approximate surface area is 95.0 Å². The van der Waals surface area contributed by atoms with Gasteiger partial charge in [-0.05, 0) is 18.9 Å². The van der Waals surface area contributed by atoms with Crippen molar-refractivity contribution in [3.8, 4) is 0 Å². The van der Waals surface area contributed by atoms with E-state index in [1.807, 2.05) is 12.1 Å². The van der Waals surface area contributed by atoms with E-state index in [2.05, 4.69) is 4.98 Å². The molecule has 0 bridgehead atoms. The van der Waals surface area contributed by atoms with Crippen molar-refractivity contribution in [2.45, 2.75) is 37.6 Å². The fourth-order valence-electron chi connectivity index (χ4n) is 2.46. The van der Waals surface area contributed by atoms with Gasteiger partial charge in [0.05, 0.1) is 0 Å². The highest BCUT2D eigenvalue weighted by atomic mass is 16.1. The number of pyridine rings is 1. The Morgan fingerprint density at radius 3 is 2.62 bits per heavy atom. The summed E-state index contributed by atoms with van der Waals surface area (Å²) in [6.45, 7) is 0. The molecule has 1 aliphatic carbocycles. The van der Waals surface area contributed by atoms with Crippen molar-refractivity contribution >= 4 is 5.91 Å². The molecule has 0 unspecified atom stereocenters. The predicted octanol–water partition coefficient (Wildman–Crippen LogP) is 1.30. The molecule has 1 heterocycles. The van der Waals surface area contributed by atoms with Crippen LogP contribution in [0.15, 0.2) is 18.3 Å². The number of aromatic nitrogens is 1. The number of carbonyl (C=O) groups excluding carboxylic acids is 1. The summed E-state index contributed by atoms with van der Waals surface area (Å²) in [4.78, 5) is 15.4. The summed E-state index contributed by atoms with van der Waals surface area (Å²) in [5, 5.41) is 0. The minimum atomic E-state index is -0.494. The number of hydrogen-bond donors (Lipinski definition) is 2. The highest BCUT2D eigenvalue weighted by Gasteiger charge is 2.32. The fraction of sp³-hybridized carbons (Fsp3) is 0.500. The van der Waals surface area contributed by atoms with Gasteiger partial charge in [-0.1, -0.05) is 25.3 Å². The molecular weight excluding hydrogens is 202 g/mol. The minimum Gasteiger partial charge on any atom is -0.364 e. The third kappa shape index (κ3) is 1.93. The highest BCUT2D eigenvalue weighted by molar-refractivity contribution is 5.92. The smallest absolute Gasteiger partial charge is 0.267 e. The van der Waals surface area contributed by atoms with Crippen molar-refractivity contribution in [3.05, 3.63) is 29.6 Å². The summed E-state index contributed by atoms with van der Waals surface area (Å²) >= 11 is 0. The molecule has 16 heavy (non-hydrogen) atoms. The zero-order valence-electron chi connectivity index (χ0n) is 9.28. The SMILES string of the molecule is NC(=O)c1ncccc1C1(N)CCCCC1. The van der Waals surface area contributed by atoms with Gasteiger partial charge in [-0.3, -0.25) is 9.78 Å². The molecule has 0 saturated heterocycles. The lowest BCUT2D eigenvalue weighted by Crippen LogP contribution is -2.40. The van der Waals surface area contributed by atoms with Gasteiger partial charge in [-0.25, -0.2) is 0 Å². The third-order valence-electron chi connectivity index (χ3n) is 3.32. The maximum absolute atomic E-state index is 11.3. The number of rotatable bonds is 2. The number of primary amides is 1. The topological polar surface area (TPSA) is 82.0 Å². The van der Waals surface area contributed by atoms with Gasteiger partial charge in [0.2, 0.25) is 0 Å². The van der Waals surface area contributed by atoms with E-state index in [9.17, 15) is 4.79 Å². The molecule has 4 N–H and O–H groups in total. The summed E-state index contributed by atoms with van der Waals surface area (Å²) in [6, 6.07) is 3.68. The minimum absolute atomic E-state index is 0.326. The fourth-order valence-corrected chi connectivity index (χ4v) is 2.46. The zero-order valence-corrected chi connectivity index (χ0v) is 9.28. The quantitative estimate of drug-likeness (QED) is 0.786. The molecule has 86 valence electrons. The summed E-state index contributed by atoms with van der Waals surface area (Å²) in [6.07, 6.45) is 6.80. The van der Waals surface area contributed by atoms with E-state index in [1.165, 1.54) is 6.42 Å². The van der Waals surface area contributed by atoms with Crippen molar-refractivity contribution in [2.24, 2.45) is 11.5 Å². The molecule has 0 spiro atoms. The van der Waals surface area contributed by atoms with E-state index in [-0.39, 0.29) is 0 Å². The first-order valence-corrected chi connectivity index (χ1v) is 5.68. The van der Waals surface area contributed by atoms with Crippen molar-refractivity contribution in [1.29, 1.82) is 0 Å². The third-order valence-corrected chi connectivity index (χ3v) is 3.32. The molecular formula is C12H17N3O. The summed E-state index contributed by atoms with van der Waals surface area (Å²) < 4.78 is 0. The molecule has 0 aliphatic heterocycles.